The summed E-state index contributed by atoms with van der Waals surface area (Å²) in [6.45, 7) is 1.40. The molecule has 0 bridgehead atoms. The number of rotatable bonds is 5. The lowest BCUT2D eigenvalue weighted by molar-refractivity contribution is -0.203. The topological polar surface area (TPSA) is 75.6 Å². The Hall–Kier alpha value is -1.86. The summed E-state index contributed by atoms with van der Waals surface area (Å²) in [5.41, 5.74) is -0.661. The van der Waals surface area contributed by atoms with Crippen LogP contribution in [0.2, 0.25) is 0 Å². The van der Waals surface area contributed by atoms with Crippen LogP contribution in [0.1, 0.15) is 60.9 Å². The van der Waals surface area contributed by atoms with Gasteiger partial charge in [0.2, 0.25) is 0 Å². The molecule has 1 heterocycles. The predicted molar refractivity (Wildman–Crippen MR) is 89.6 cm³/mol. The Morgan fingerprint density at radius 3 is 2.38 bits per heavy atom. The highest BCUT2D eigenvalue weighted by atomic mass is 19.1. The Labute approximate surface area is 150 Å². The van der Waals surface area contributed by atoms with Crippen molar-refractivity contribution in [2.24, 2.45) is 5.92 Å². The molecular weight excluding hydrogens is 344 g/mol. The van der Waals surface area contributed by atoms with Gasteiger partial charge in [0.25, 0.3) is 5.91 Å². The zero-order valence-corrected chi connectivity index (χ0v) is 14.6. The molecule has 5 nitrogen and oxygen atoms in total. The van der Waals surface area contributed by atoms with E-state index in [9.17, 15) is 23.5 Å². The second-order valence-electron chi connectivity index (χ2n) is 7.11. The predicted octanol–water partition coefficient (Wildman–Crippen LogP) is 2.66. The van der Waals surface area contributed by atoms with Crippen LogP contribution < -0.4 is 5.32 Å². The number of hydrogen-bond acceptors (Lipinski definition) is 4. The molecule has 2 N–H and O–H groups in total. The molecule has 1 aliphatic carbocycles. The Kier molecular flexibility index (Phi) is 5.67. The van der Waals surface area contributed by atoms with Gasteiger partial charge < -0.3 is 15.2 Å². The number of ketones is 1. The molecule has 0 aromatic heterocycles. The SMILES string of the molecule is CC(=O)[C@@H](NC(=O)c1c(F)ccc(F)c1C1COC1O)C1CCCCC1. The molecule has 0 radical (unpaired) electrons. The van der Waals surface area contributed by atoms with E-state index in [2.05, 4.69) is 5.32 Å². The second kappa shape index (κ2) is 7.80. The highest BCUT2D eigenvalue weighted by Crippen LogP contribution is 2.35. The summed E-state index contributed by atoms with van der Waals surface area (Å²) in [5, 5.41) is 12.3. The van der Waals surface area contributed by atoms with Crippen LogP contribution in [0.3, 0.4) is 0 Å². The van der Waals surface area contributed by atoms with E-state index in [1.807, 2.05) is 0 Å². The molecule has 2 aliphatic rings. The maximum absolute atomic E-state index is 14.4. The molecule has 26 heavy (non-hydrogen) atoms. The number of Topliss-reactive ketones (excluding diaryl/α,β-unsaturated/α-hetero) is 1. The number of aliphatic hydroxyl groups excluding tert-OH is 1. The van der Waals surface area contributed by atoms with Crippen molar-refractivity contribution in [3.8, 4) is 0 Å². The van der Waals surface area contributed by atoms with Gasteiger partial charge in [0.1, 0.15) is 11.6 Å². The molecule has 1 aromatic carbocycles. The summed E-state index contributed by atoms with van der Waals surface area (Å²) in [6.07, 6.45) is 3.42. The van der Waals surface area contributed by atoms with E-state index < -0.39 is 41.4 Å². The number of hydrogen-bond donors (Lipinski definition) is 2. The van der Waals surface area contributed by atoms with Crippen LogP contribution in [0.5, 0.6) is 0 Å². The summed E-state index contributed by atoms with van der Waals surface area (Å²) in [4.78, 5) is 24.8. The Balaban J connectivity index is 1.89. The monoisotopic (exact) mass is 367 g/mol. The summed E-state index contributed by atoms with van der Waals surface area (Å²) in [6, 6.07) is 1.08. The number of halogens is 2. The minimum absolute atomic E-state index is 0.000577. The van der Waals surface area contributed by atoms with Gasteiger partial charge in [-0.05, 0) is 37.8 Å². The van der Waals surface area contributed by atoms with Gasteiger partial charge in [-0.3, -0.25) is 9.59 Å². The third-order valence-corrected chi connectivity index (χ3v) is 5.38. The normalized spacial score (nSPS) is 24.6. The van der Waals surface area contributed by atoms with Crippen LogP contribution in [0.25, 0.3) is 0 Å². The number of ether oxygens (including phenoxy) is 1. The van der Waals surface area contributed by atoms with Gasteiger partial charge in [0, 0.05) is 5.56 Å². The van der Waals surface area contributed by atoms with Crippen LogP contribution in [-0.4, -0.2) is 35.7 Å². The molecule has 3 rings (SSSR count). The standard InChI is InChI=1S/C19H23F2NO4/c1-10(23)17(11-5-3-2-4-6-11)22-18(24)16-14(21)8-7-13(20)15(16)12-9-26-19(12)25/h7-8,11-12,17,19,25H,2-6,9H2,1H3,(H,22,24)/t12?,17-,19?/m1/s1. The van der Waals surface area contributed by atoms with Crippen LogP contribution in [0.4, 0.5) is 8.78 Å². The minimum atomic E-state index is -1.28. The van der Waals surface area contributed by atoms with E-state index in [-0.39, 0.29) is 23.9 Å². The first kappa shape index (κ1) is 18.9. The van der Waals surface area contributed by atoms with Gasteiger partial charge in [0.15, 0.2) is 12.1 Å². The smallest absolute Gasteiger partial charge is 0.255 e. The highest BCUT2D eigenvalue weighted by molar-refractivity contribution is 5.99. The first-order valence-corrected chi connectivity index (χ1v) is 8.99. The van der Waals surface area contributed by atoms with E-state index in [1.165, 1.54) is 6.92 Å². The average Bonchev–Trinajstić information content (AvgIpc) is 2.61. The van der Waals surface area contributed by atoms with E-state index in [1.54, 1.807) is 0 Å². The molecular formula is C19H23F2NO4. The molecule has 3 atom stereocenters. The van der Waals surface area contributed by atoms with Gasteiger partial charge >= 0.3 is 0 Å². The molecule has 1 aliphatic heterocycles. The fraction of sp³-hybridized carbons (Fsp3) is 0.579. The summed E-state index contributed by atoms with van der Waals surface area (Å²) >= 11 is 0. The van der Waals surface area contributed by atoms with E-state index in [4.69, 9.17) is 4.74 Å². The summed E-state index contributed by atoms with van der Waals surface area (Å²) in [5.74, 6) is -3.50. The Bertz CT molecular complexity index is 703. The third-order valence-electron chi connectivity index (χ3n) is 5.38. The van der Waals surface area contributed by atoms with Gasteiger partial charge in [-0.15, -0.1) is 0 Å². The minimum Gasteiger partial charge on any atom is -0.367 e. The first-order chi connectivity index (χ1) is 12.4. The second-order valence-corrected chi connectivity index (χ2v) is 7.11. The van der Waals surface area contributed by atoms with Crippen molar-refractivity contribution in [3.05, 3.63) is 34.9 Å². The Morgan fingerprint density at radius 1 is 1.19 bits per heavy atom. The molecule has 1 aromatic rings. The zero-order chi connectivity index (χ0) is 18.8. The van der Waals surface area contributed by atoms with Crippen molar-refractivity contribution < 1.29 is 28.2 Å². The lowest BCUT2D eigenvalue weighted by Crippen LogP contribution is -2.47. The summed E-state index contributed by atoms with van der Waals surface area (Å²) in [7, 11) is 0. The van der Waals surface area contributed by atoms with Crippen molar-refractivity contribution in [2.45, 2.75) is 57.3 Å². The van der Waals surface area contributed by atoms with Crippen molar-refractivity contribution >= 4 is 11.7 Å². The van der Waals surface area contributed by atoms with Crippen molar-refractivity contribution in [1.82, 2.24) is 5.32 Å². The van der Waals surface area contributed by atoms with E-state index >= 15 is 0 Å². The largest absolute Gasteiger partial charge is 0.367 e. The number of amides is 1. The van der Waals surface area contributed by atoms with Gasteiger partial charge in [-0.2, -0.15) is 0 Å². The Morgan fingerprint density at radius 2 is 1.85 bits per heavy atom. The lowest BCUT2D eigenvalue weighted by atomic mass is 9.82. The highest BCUT2D eigenvalue weighted by Gasteiger charge is 2.39. The zero-order valence-electron chi connectivity index (χ0n) is 14.6. The van der Waals surface area contributed by atoms with Crippen molar-refractivity contribution in [1.29, 1.82) is 0 Å². The maximum atomic E-state index is 14.4. The van der Waals surface area contributed by atoms with Crippen LogP contribution in [-0.2, 0) is 9.53 Å². The molecule has 1 saturated carbocycles. The molecule has 7 heteroatoms. The molecule has 1 saturated heterocycles. The number of benzene rings is 1. The lowest BCUT2D eigenvalue weighted by Gasteiger charge is -2.34. The average molecular weight is 367 g/mol. The maximum Gasteiger partial charge on any atom is 0.255 e. The fourth-order valence-corrected chi connectivity index (χ4v) is 3.90. The number of nitrogens with one attached hydrogen (secondary N) is 1. The molecule has 1 amide bonds. The number of carbonyl (C=O) groups excluding carboxylic acids is 2. The van der Waals surface area contributed by atoms with Gasteiger partial charge in [-0.1, -0.05) is 19.3 Å². The van der Waals surface area contributed by atoms with Crippen LogP contribution in [0.15, 0.2) is 12.1 Å². The molecule has 142 valence electrons. The van der Waals surface area contributed by atoms with Crippen LogP contribution >= 0.6 is 0 Å². The number of carbonyl (C=O) groups is 2. The van der Waals surface area contributed by atoms with Crippen LogP contribution in [0, 0.1) is 17.6 Å². The van der Waals surface area contributed by atoms with Crippen molar-refractivity contribution in [3.63, 3.8) is 0 Å². The molecule has 0 spiro atoms. The van der Waals surface area contributed by atoms with Crippen molar-refractivity contribution in [2.75, 3.05) is 6.61 Å². The first-order valence-electron chi connectivity index (χ1n) is 8.99. The van der Waals surface area contributed by atoms with E-state index in [0.717, 1.165) is 44.2 Å². The third kappa shape index (κ3) is 3.64. The van der Waals surface area contributed by atoms with Gasteiger partial charge in [-0.25, -0.2) is 8.78 Å². The fourth-order valence-electron chi connectivity index (χ4n) is 3.90. The quantitative estimate of drug-likeness (QED) is 0.839. The van der Waals surface area contributed by atoms with E-state index in [0.29, 0.717) is 0 Å². The number of aliphatic hydroxyl groups is 1. The molecule has 2 unspecified atom stereocenters. The summed E-state index contributed by atoms with van der Waals surface area (Å²) < 4.78 is 33.5. The molecule has 2 fully saturated rings. The van der Waals surface area contributed by atoms with Gasteiger partial charge in [0.05, 0.1) is 24.1 Å².